The fourth-order valence-electron chi connectivity index (χ4n) is 3.83. The van der Waals surface area contributed by atoms with E-state index in [1.54, 1.807) is 6.20 Å². The highest BCUT2D eigenvalue weighted by atomic mass is 19.1. The van der Waals surface area contributed by atoms with Crippen LogP contribution in [0.3, 0.4) is 0 Å². The van der Waals surface area contributed by atoms with Crippen molar-refractivity contribution in [2.75, 3.05) is 13.2 Å². The van der Waals surface area contributed by atoms with Crippen molar-refractivity contribution in [3.05, 3.63) is 42.6 Å². The first-order valence-electron chi connectivity index (χ1n) is 13.2. The minimum atomic E-state index is -0.919. The van der Waals surface area contributed by atoms with Crippen molar-refractivity contribution in [3.8, 4) is 22.8 Å². The van der Waals surface area contributed by atoms with Crippen LogP contribution in [0.1, 0.15) is 97.3 Å². The monoisotopic (exact) mass is 457 g/mol. The largest absolute Gasteiger partial charge is 0.494 e. The molecular formula is C29H44FNO2. The zero-order valence-electron chi connectivity index (χ0n) is 20.9. The van der Waals surface area contributed by atoms with E-state index in [-0.39, 0.29) is 6.61 Å². The zero-order chi connectivity index (χ0) is 23.6. The quantitative estimate of drug-likeness (QED) is 0.197. The van der Waals surface area contributed by atoms with Crippen LogP contribution in [0.4, 0.5) is 4.39 Å². The van der Waals surface area contributed by atoms with Gasteiger partial charge in [0.05, 0.1) is 18.5 Å². The summed E-state index contributed by atoms with van der Waals surface area (Å²) in [6.07, 6.45) is 16.5. The highest BCUT2D eigenvalue weighted by Gasteiger charge is 2.07. The summed E-state index contributed by atoms with van der Waals surface area (Å²) in [5.41, 5.74) is 1.89. The molecule has 0 N–H and O–H groups in total. The molecule has 2 aromatic rings. The SMILES string of the molecule is CCCCCCCCCCCCOc1ccc(-c2ccc(OCC(F)CCCC)cn2)cc1. The van der Waals surface area contributed by atoms with E-state index in [9.17, 15) is 4.39 Å². The number of halogens is 1. The summed E-state index contributed by atoms with van der Waals surface area (Å²) in [6, 6.07) is 11.8. The van der Waals surface area contributed by atoms with Crippen molar-refractivity contribution in [1.82, 2.24) is 4.98 Å². The summed E-state index contributed by atoms with van der Waals surface area (Å²) >= 11 is 0. The summed E-state index contributed by atoms with van der Waals surface area (Å²) in [5.74, 6) is 1.50. The number of pyridine rings is 1. The third-order valence-corrected chi connectivity index (χ3v) is 5.95. The lowest BCUT2D eigenvalue weighted by molar-refractivity contribution is 0.184. The molecule has 0 aliphatic heterocycles. The summed E-state index contributed by atoms with van der Waals surface area (Å²) in [7, 11) is 0. The minimum Gasteiger partial charge on any atom is -0.494 e. The van der Waals surface area contributed by atoms with Gasteiger partial charge in [-0.1, -0.05) is 84.5 Å². The molecule has 3 nitrogen and oxygen atoms in total. The van der Waals surface area contributed by atoms with E-state index >= 15 is 0 Å². The van der Waals surface area contributed by atoms with Crippen molar-refractivity contribution in [3.63, 3.8) is 0 Å². The molecule has 0 bridgehead atoms. The summed E-state index contributed by atoms with van der Waals surface area (Å²) in [5, 5.41) is 0. The number of nitrogens with zero attached hydrogens (tertiary/aromatic N) is 1. The van der Waals surface area contributed by atoms with Gasteiger partial charge in [0.2, 0.25) is 0 Å². The van der Waals surface area contributed by atoms with Gasteiger partial charge in [0, 0.05) is 5.56 Å². The molecule has 0 aliphatic carbocycles. The lowest BCUT2D eigenvalue weighted by Gasteiger charge is -2.10. The number of aromatic nitrogens is 1. The Hall–Kier alpha value is -2.10. The van der Waals surface area contributed by atoms with Crippen LogP contribution in [0.5, 0.6) is 11.5 Å². The van der Waals surface area contributed by atoms with E-state index in [1.165, 1.54) is 57.8 Å². The number of hydrogen-bond acceptors (Lipinski definition) is 3. The Balaban J connectivity index is 1.60. The van der Waals surface area contributed by atoms with E-state index in [4.69, 9.17) is 9.47 Å². The summed E-state index contributed by atoms with van der Waals surface area (Å²) in [6.45, 7) is 5.19. The van der Waals surface area contributed by atoms with Crippen LogP contribution >= 0.6 is 0 Å². The Morgan fingerprint density at radius 3 is 1.91 bits per heavy atom. The van der Waals surface area contributed by atoms with E-state index < -0.39 is 6.17 Å². The predicted molar refractivity (Wildman–Crippen MR) is 137 cm³/mol. The van der Waals surface area contributed by atoms with E-state index in [1.807, 2.05) is 36.4 Å². The van der Waals surface area contributed by atoms with Gasteiger partial charge >= 0.3 is 0 Å². The lowest BCUT2D eigenvalue weighted by atomic mass is 10.1. The molecule has 1 unspecified atom stereocenters. The summed E-state index contributed by atoms with van der Waals surface area (Å²) in [4.78, 5) is 4.46. The van der Waals surface area contributed by atoms with Crippen LogP contribution in [0.25, 0.3) is 11.3 Å². The fourth-order valence-corrected chi connectivity index (χ4v) is 3.83. The van der Waals surface area contributed by atoms with E-state index in [0.717, 1.165) is 42.9 Å². The average Bonchev–Trinajstić information content (AvgIpc) is 2.85. The number of rotatable bonds is 19. The maximum absolute atomic E-state index is 13.7. The van der Waals surface area contributed by atoms with Crippen LogP contribution in [0.15, 0.2) is 42.6 Å². The van der Waals surface area contributed by atoms with E-state index in [2.05, 4.69) is 18.8 Å². The highest BCUT2D eigenvalue weighted by Crippen LogP contribution is 2.23. The molecule has 0 amide bonds. The molecule has 2 rings (SSSR count). The van der Waals surface area contributed by atoms with Crippen LogP contribution in [-0.4, -0.2) is 24.4 Å². The Bertz CT molecular complexity index is 717. The normalized spacial score (nSPS) is 12.0. The molecule has 0 saturated carbocycles. The Kier molecular flexibility index (Phi) is 14.3. The van der Waals surface area contributed by atoms with Crippen LogP contribution < -0.4 is 9.47 Å². The van der Waals surface area contributed by atoms with Gasteiger partial charge in [0.1, 0.15) is 24.3 Å². The Morgan fingerprint density at radius 2 is 1.30 bits per heavy atom. The van der Waals surface area contributed by atoms with Crippen molar-refractivity contribution < 1.29 is 13.9 Å². The van der Waals surface area contributed by atoms with Gasteiger partial charge in [-0.25, -0.2) is 4.39 Å². The fraction of sp³-hybridized carbons (Fsp3) is 0.621. The molecule has 0 fully saturated rings. The van der Waals surface area contributed by atoms with Crippen LogP contribution in [-0.2, 0) is 0 Å². The molecule has 1 heterocycles. The topological polar surface area (TPSA) is 31.4 Å². The molecule has 0 spiro atoms. The van der Waals surface area contributed by atoms with Gasteiger partial charge in [-0.2, -0.15) is 0 Å². The predicted octanol–water partition coefficient (Wildman–Crippen LogP) is 8.96. The van der Waals surface area contributed by atoms with Crippen molar-refractivity contribution >= 4 is 0 Å². The number of unbranched alkanes of at least 4 members (excludes halogenated alkanes) is 10. The van der Waals surface area contributed by atoms with Crippen LogP contribution in [0, 0.1) is 0 Å². The lowest BCUT2D eigenvalue weighted by Crippen LogP contribution is -2.12. The smallest absolute Gasteiger partial charge is 0.137 e. The van der Waals surface area contributed by atoms with Crippen LogP contribution in [0.2, 0.25) is 0 Å². The molecule has 184 valence electrons. The second kappa shape index (κ2) is 17.4. The zero-order valence-corrected chi connectivity index (χ0v) is 20.9. The molecule has 0 radical (unpaired) electrons. The molecule has 0 aliphatic rings. The number of hydrogen-bond donors (Lipinski definition) is 0. The number of ether oxygens (including phenoxy) is 2. The van der Waals surface area contributed by atoms with Crippen molar-refractivity contribution in [1.29, 1.82) is 0 Å². The van der Waals surface area contributed by atoms with Crippen molar-refractivity contribution in [2.24, 2.45) is 0 Å². The maximum Gasteiger partial charge on any atom is 0.137 e. The molecule has 33 heavy (non-hydrogen) atoms. The second-order valence-electron chi connectivity index (χ2n) is 8.98. The van der Waals surface area contributed by atoms with Gasteiger partial charge in [-0.3, -0.25) is 4.98 Å². The minimum absolute atomic E-state index is 0.0894. The van der Waals surface area contributed by atoms with Gasteiger partial charge in [0.25, 0.3) is 0 Å². The maximum atomic E-state index is 13.7. The molecule has 4 heteroatoms. The first-order chi connectivity index (χ1) is 16.2. The van der Waals surface area contributed by atoms with Gasteiger partial charge in [-0.05, 0) is 49.2 Å². The average molecular weight is 458 g/mol. The van der Waals surface area contributed by atoms with E-state index in [0.29, 0.717) is 12.2 Å². The van der Waals surface area contributed by atoms with Gasteiger partial charge in [-0.15, -0.1) is 0 Å². The van der Waals surface area contributed by atoms with Gasteiger partial charge < -0.3 is 9.47 Å². The molecule has 1 aromatic heterocycles. The Morgan fingerprint density at radius 1 is 0.697 bits per heavy atom. The molecule has 0 saturated heterocycles. The van der Waals surface area contributed by atoms with Gasteiger partial charge in [0.15, 0.2) is 0 Å². The second-order valence-corrected chi connectivity index (χ2v) is 8.98. The Labute approximate surface area is 201 Å². The molecular weight excluding hydrogens is 413 g/mol. The first-order valence-corrected chi connectivity index (χ1v) is 13.2. The molecule has 1 atom stereocenters. The van der Waals surface area contributed by atoms with Crippen molar-refractivity contribution in [2.45, 2.75) is 103 Å². The highest BCUT2D eigenvalue weighted by molar-refractivity contribution is 5.60. The summed E-state index contributed by atoms with van der Waals surface area (Å²) < 4.78 is 25.1. The number of benzene rings is 1. The third-order valence-electron chi connectivity index (χ3n) is 5.95. The molecule has 1 aromatic carbocycles. The third kappa shape index (κ3) is 12.1. The standard InChI is InChI=1S/C29H44FNO2/c1-3-5-7-8-9-10-11-12-13-14-22-32-27-18-16-25(17-19-27)29-21-20-28(23-31-29)33-24-26(30)15-6-4-2/h16-21,23,26H,3-15,22,24H2,1-2H3. The number of alkyl halides is 1. The first kappa shape index (κ1) is 27.1.